The highest BCUT2D eigenvalue weighted by Crippen LogP contribution is 2.21. The summed E-state index contributed by atoms with van der Waals surface area (Å²) in [6.45, 7) is 4.43. The van der Waals surface area contributed by atoms with Gasteiger partial charge in [0.15, 0.2) is 5.78 Å². The largest absolute Gasteiger partial charge is 0.490 e. The second-order valence-electron chi connectivity index (χ2n) is 3.98. The predicted molar refractivity (Wildman–Crippen MR) is 64.8 cm³/mol. The van der Waals surface area contributed by atoms with Gasteiger partial charge in [-0.1, -0.05) is 12.1 Å². The van der Waals surface area contributed by atoms with Crippen molar-refractivity contribution in [2.75, 3.05) is 6.54 Å². The van der Waals surface area contributed by atoms with Crippen molar-refractivity contribution in [3.8, 4) is 5.75 Å². The number of carbonyl (C=O) groups is 1. The van der Waals surface area contributed by atoms with E-state index in [4.69, 9.17) is 10.5 Å². The second-order valence-corrected chi connectivity index (χ2v) is 3.98. The number of benzene rings is 1. The van der Waals surface area contributed by atoms with E-state index in [1.807, 2.05) is 32.0 Å². The van der Waals surface area contributed by atoms with Crippen molar-refractivity contribution in [1.82, 2.24) is 0 Å². The Morgan fingerprint density at radius 1 is 1.38 bits per heavy atom. The zero-order chi connectivity index (χ0) is 12.0. The Bertz CT molecular complexity index is 348. The first-order chi connectivity index (χ1) is 7.65. The number of hydrogen-bond acceptors (Lipinski definition) is 3. The van der Waals surface area contributed by atoms with Crippen molar-refractivity contribution in [2.24, 2.45) is 5.73 Å². The number of para-hydroxylation sites is 1. The van der Waals surface area contributed by atoms with Gasteiger partial charge >= 0.3 is 0 Å². The second kappa shape index (κ2) is 6.28. The average molecular weight is 221 g/mol. The van der Waals surface area contributed by atoms with E-state index in [2.05, 4.69) is 0 Å². The third-order valence-electron chi connectivity index (χ3n) is 2.16. The van der Waals surface area contributed by atoms with Gasteiger partial charge in [-0.3, -0.25) is 4.79 Å². The van der Waals surface area contributed by atoms with Gasteiger partial charge in [-0.15, -0.1) is 0 Å². The molecule has 1 rings (SSSR count). The highest BCUT2D eigenvalue weighted by Gasteiger charge is 2.12. The van der Waals surface area contributed by atoms with E-state index in [0.717, 1.165) is 6.42 Å². The summed E-state index contributed by atoms with van der Waals surface area (Å²) in [5.74, 6) is 0.765. The van der Waals surface area contributed by atoms with Crippen LogP contribution in [0.3, 0.4) is 0 Å². The van der Waals surface area contributed by atoms with Crippen molar-refractivity contribution < 1.29 is 9.53 Å². The quantitative estimate of drug-likeness (QED) is 0.750. The summed E-state index contributed by atoms with van der Waals surface area (Å²) >= 11 is 0. The fourth-order valence-electron chi connectivity index (χ4n) is 1.45. The first-order valence-electron chi connectivity index (χ1n) is 5.64. The fourth-order valence-corrected chi connectivity index (χ4v) is 1.45. The number of ether oxygens (including phenoxy) is 1. The molecule has 2 N–H and O–H groups in total. The highest BCUT2D eigenvalue weighted by molar-refractivity contribution is 5.98. The molecule has 0 radical (unpaired) electrons. The van der Waals surface area contributed by atoms with E-state index in [9.17, 15) is 4.79 Å². The maximum absolute atomic E-state index is 11.9. The molecular weight excluding hydrogens is 202 g/mol. The summed E-state index contributed by atoms with van der Waals surface area (Å²) < 4.78 is 5.59. The first-order valence-corrected chi connectivity index (χ1v) is 5.64. The zero-order valence-corrected chi connectivity index (χ0v) is 9.90. The van der Waals surface area contributed by atoms with Gasteiger partial charge in [0.2, 0.25) is 0 Å². The number of carbonyl (C=O) groups excluding carboxylic acids is 1. The lowest BCUT2D eigenvalue weighted by atomic mass is 10.1. The lowest BCUT2D eigenvalue weighted by Gasteiger charge is -2.13. The van der Waals surface area contributed by atoms with Gasteiger partial charge in [0.25, 0.3) is 0 Å². The molecule has 0 heterocycles. The van der Waals surface area contributed by atoms with Crippen molar-refractivity contribution in [2.45, 2.75) is 32.8 Å². The Morgan fingerprint density at radius 2 is 2.06 bits per heavy atom. The van der Waals surface area contributed by atoms with Crippen molar-refractivity contribution >= 4 is 5.78 Å². The van der Waals surface area contributed by atoms with Crippen LogP contribution in [0.1, 0.15) is 37.0 Å². The van der Waals surface area contributed by atoms with E-state index < -0.39 is 0 Å². The van der Waals surface area contributed by atoms with Crippen molar-refractivity contribution in [3.63, 3.8) is 0 Å². The monoisotopic (exact) mass is 221 g/mol. The molecule has 0 aliphatic carbocycles. The maximum Gasteiger partial charge on any atom is 0.166 e. The SMILES string of the molecule is CC(C)Oc1ccccc1C(=O)CCCN. The molecule has 16 heavy (non-hydrogen) atoms. The van der Waals surface area contributed by atoms with Crippen LogP contribution >= 0.6 is 0 Å². The summed E-state index contributed by atoms with van der Waals surface area (Å²) in [5.41, 5.74) is 6.05. The fraction of sp³-hybridized carbons (Fsp3) is 0.462. The van der Waals surface area contributed by atoms with E-state index in [-0.39, 0.29) is 11.9 Å². The van der Waals surface area contributed by atoms with Gasteiger partial charge in [-0.25, -0.2) is 0 Å². The van der Waals surface area contributed by atoms with Crippen molar-refractivity contribution in [1.29, 1.82) is 0 Å². The first kappa shape index (κ1) is 12.7. The van der Waals surface area contributed by atoms with Crippen LogP contribution in [-0.2, 0) is 0 Å². The number of ketones is 1. The molecule has 0 fully saturated rings. The van der Waals surface area contributed by atoms with Gasteiger partial charge in [0.05, 0.1) is 11.7 Å². The molecule has 0 atom stereocenters. The molecule has 3 nitrogen and oxygen atoms in total. The molecule has 0 spiro atoms. The van der Waals surface area contributed by atoms with Crippen LogP contribution in [0.2, 0.25) is 0 Å². The number of nitrogens with two attached hydrogens (primary N) is 1. The van der Waals surface area contributed by atoms with Gasteiger partial charge in [0.1, 0.15) is 5.75 Å². The van der Waals surface area contributed by atoms with Crippen LogP contribution in [0.25, 0.3) is 0 Å². The van der Waals surface area contributed by atoms with E-state index in [1.54, 1.807) is 6.07 Å². The highest BCUT2D eigenvalue weighted by atomic mass is 16.5. The molecule has 0 saturated heterocycles. The smallest absolute Gasteiger partial charge is 0.166 e. The van der Waals surface area contributed by atoms with Gasteiger partial charge in [-0.05, 0) is 38.9 Å². The minimum atomic E-state index is 0.0726. The molecule has 88 valence electrons. The number of hydrogen-bond donors (Lipinski definition) is 1. The topological polar surface area (TPSA) is 52.3 Å². The molecule has 0 unspecified atom stereocenters. The predicted octanol–water partition coefficient (Wildman–Crippen LogP) is 2.40. The maximum atomic E-state index is 11.9. The molecular formula is C13H19NO2. The Labute approximate surface area is 96.6 Å². The van der Waals surface area contributed by atoms with Crippen LogP contribution < -0.4 is 10.5 Å². The van der Waals surface area contributed by atoms with E-state index >= 15 is 0 Å². The van der Waals surface area contributed by atoms with Gasteiger partial charge < -0.3 is 10.5 Å². The molecule has 0 saturated carbocycles. The van der Waals surface area contributed by atoms with Crippen molar-refractivity contribution in [3.05, 3.63) is 29.8 Å². The summed E-state index contributed by atoms with van der Waals surface area (Å²) in [7, 11) is 0. The standard InChI is InChI=1S/C13H19NO2/c1-10(2)16-13-8-4-3-6-11(13)12(15)7-5-9-14/h3-4,6,8,10H,5,7,9,14H2,1-2H3. The minimum absolute atomic E-state index is 0.0726. The normalized spacial score (nSPS) is 10.5. The van der Waals surface area contributed by atoms with Crippen LogP contribution in [0.4, 0.5) is 0 Å². The summed E-state index contributed by atoms with van der Waals surface area (Å²) in [6.07, 6.45) is 1.27. The lowest BCUT2D eigenvalue weighted by molar-refractivity contribution is 0.0975. The molecule has 0 aliphatic heterocycles. The molecule has 1 aromatic rings. The lowest BCUT2D eigenvalue weighted by Crippen LogP contribution is -2.11. The summed E-state index contributed by atoms with van der Waals surface area (Å²) in [6, 6.07) is 7.35. The van der Waals surface area contributed by atoms with Crippen LogP contribution in [0.5, 0.6) is 5.75 Å². The Kier molecular flexibility index (Phi) is 4.99. The summed E-state index contributed by atoms with van der Waals surface area (Å²) in [5, 5.41) is 0. The van der Waals surface area contributed by atoms with E-state index in [1.165, 1.54) is 0 Å². The van der Waals surface area contributed by atoms with Gasteiger partial charge in [-0.2, -0.15) is 0 Å². The molecule has 0 bridgehead atoms. The molecule has 0 aliphatic rings. The molecule has 0 amide bonds. The third-order valence-corrected chi connectivity index (χ3v) is 2.16. The third kappa shape index (κ3) is 3.66. The average Bonchev–Trinajstić information content (AvgIpc) is 2.26. The van der Waals surface area contributed by atoms with Crippen LogP contribution in [-0.4, -0.2) is 18.4 Å². The minimum Gasteiger partial charge on any atom is -0.490 e. The number of Topliss-reactive ketones (excluding diaryl/α,β-unsaturated/α-hetero) is 1. The van der Waals surface area contributed by atoms with Crippen LogP contribution in [0.15, 0.2) is 24.3 Å². The molecule has 0 aromatic heterocycles. The number of rotatable bonds is 6. The Morgan fingerprint density at radius 3 is 2.69 bits per heavy atom. The Hall–Kier alpha value is -1.35. The molecule has 3 heteroatoms. The van der Waals surface area contributed by atoms with E-state index in [0.29, 0.717) is 24.3 Å². The summed E-state index contributed by atoms with van der Waals surface area (Å²) in [4.78, 5) is 11.9. The Balaban J connectivity index is 2.81. The zero-order valence-electron chi connectivity index (χ0n) is 9.90. The molecule has 1 aromatic carbocycles. The van der Waals surface area contributed by atoms with Crippen LogP contribution in [0, 0.1) is 0 Å². The van der Waals surface area contributed by atoms with Gasteiger partial charge in [0, 0.05) is 6.42 Å².